The van der Waals surface area contributed by atoms with E-state index in [9.17, 15) is 9.18 Å². The quantitative estimate of drug-likeness (QED) is 0.758. The molecular formula is C15H22ClFN2O2. The molecule has 1 fully saturated rings. The second-order valence-electron chi connectivity index (χ2n) is 5.03. The number of hydrogen-bond acceptors (Lipinski definition) is 3. The Morgan fingerprint density at radius 2 is 2.24 bits per heavy atom. The first-order valence-corrected chi connectivity index (χ1v) is 7.10. The van der Waals surface area contributed by atoms with Crippen LogP contribution in [-0.2, 0) is 4.79 Å². The van der Waals surface area contributed by atoms with Crippen molar-refractivity contribution in [2.75, 3.05) is 26.2 Å². The Bertz CT molecular complexity index is 439. The number of para-hydroxylation sites is 1. The highest BCUT2D eigenvalue weighted by molar-refractivity contribution is 5.85. The number of benzene rings is 1. The van der Waals surface area contributed by atoms with E-state index in [1.807, 2.05) is 0 Å². The van der Waals surface area contributed by atoms with Gasteiger partial charge in [0.15, 0.2) is 11.6 Å². The van der Waals surface area contributed by atoms with Gasteiger partial charge >= 0.3 is 0 Å². The molecule has 1 aliphatic rings. The fourth-order valence-electron chi connectivity index (χ4n) is 2.30. The van der Waals surface area contributed by atoms with Gasteiger partial charge in [0.2, 0.25) is 5.91 Å². The predicted octanol–water partition coefficient (Wildman–Crippen LogP) is 2.13. The maximum Gasteiger partial charge on any atom is 0.220 e. The van der Waals surface area contributed by atoms with Crippen molar-refractivity contribution in [1.82, 2.24) is 10.6 Å². The summed E-state index contributed by atoms with van der Waals surface area (Å²) < 4.78 is 18.5. The van der Waals surface area contributed by atoms with Crippen LogP contribution in [0.15, 0.2) is 24.3 Å². The van der Waals surface area contributed by atoms with Crippen molar-refractivity contribution in [3.05, 3.63) is 30.1 Å². The fourth-order valence-corrected chi connectivity index (χ4v) is 2.30. The van der Waals surface area contributed by atoms with Gasteiger partial charge in [-0.2, -0.15) is 0 Å². The molecule has 1 heterocycles. The number of ether oxygens (including phenoxy) is 1. The fraction of sp³-hybridized carbons (Fsp3) is 0.533. The molecule has 0 bridgehead atoms. The van der Waals surface area contributed by atoms with Gasteiger partial charge in [-0.1, -0.05) is 12.1 Å². The Morgan fingerprint density at radius 3 is 2.95 bits per heavy atom. The zero-order valence-electron chi connectivity index (χ0n) is 11.9. The maximum absolute atomic E-state index is 13.3. The molecule has 1 aromatic rings. The van der Waals surface area contributed by atoms with Crippen LogP contribution in [0.4, 0.5) is 4.39 Å². The zero-order valence-corrected chi connectivity index (χ0v) is 12.8. The molecule has 0 radical (unpaired) electrons. The molecule has 1 aliphatic heterocycles. The first kappa shape index (κ1) is 17.7. The first-order valence-electron chi connectivity index (χ1n) is 7.10. The summed E-state index contributed by atoms with van der Waals surface area (Å²) >= 11 is 0. The largest absolute Gasteiger partial charge is 0.489 e. The predicted molar refractivity (Wildman–Crippen MR) is 82.4 cm³/mol. The van der Waals surface area contributed by atoms with Crippen molar-refractivity contribution in [1.29, 1.82) is 0 Å². The highest BCUT2D eigenvalue weighted by Gasteiger charge is 2.15. The topological polar surface area (TPSA) is 50.4 Å². The smallest absolute Gasteiger partial charge is 0.220 e. The van der Waals surface area contributed by atoms with Crippen LogP contribution >= 0.6 is 12.4 Å². The summed E-state index contributed by atoms with van der Waals surface area (Å²) in [7, 11) is 0. The van der Waals surface area contributed by atoms with Crippen LogP contribution in [0, 0.1) is 11.7 Å². The maximum atomic E-state index is 13.3. The molecule has 118 valence electrons. The number of halogens is 2. The van der Waals surface area contributed by atoms with Crippen LogP contribution in [-0.4, -0.2) is 32.1 Å². The van der Waals surface area contributed by atoms with Crippen molar-refractivity contribution in [2.45, 2.75) is 19.3 Å². The average molecular weight is 317 g/mol. The number of hydrogen-bond donors (Lipinski definition) is 2. The molecule has 1 amide bonds. The van der Waals surface area contributed by atoms with Gasteiger partial charge in [-0.25, -0.2) is 4.39 Å². The summed E-state index contributed by atoms with van der Waals surface area (Å²) in [5.74, 6) is 0.496. The van der Waals surface area contributed by atoms with Crippen molar-refractivity contribution in [3.63, 3.8) is 0 Å². The molecule has 1 unspecified atom stereocenters. The van der Waals surface area contributed by atoms with Crippen LogP contribution < -0.4 is 15.4 Å². The third-order valence-corrected chi connectivity index (χ3v) is 3.46. The second-order valence-corrected chi connectivity index (χ2v) is 5.03. The van der Waals surface area contributed by atoms with Gasteiger partial charge in [-0.3, -0.25) is 4.79 Å². The average Bonchev–Trinajstić information content (AvgIpc) is 2.96. The van der Waals surface area contributed by atoms with Gasteiger partial charge < -0.3 is 15.4 Å². The molecule has 21 heavy (non-hydrogen) atoms. The summed E-state index contributed by atoms with van der Waals surface area (Å²) in [5, 5.41) is 6.07. The monoisotopic (exact) mass is 316 g/mol. The van der Waals surface area contributed by atoms with E-state index in [1.54, 1.807) is 18.2 Å². The van der Waals surface area contributed by atoms with Gasteiger partial charge in [0.1, 0.15) is 6.61 Å². The highest BCUT2D eigenvalue weighted by atomic mass is 35.5. The van der Waals surface area contributed by atoms with Crippen LogP contribution in [0.5, 0.6) is 5.75 Å². The molecule has 2 rings (SSSR count). The zero-order chi connectivity index (χ0) is 14.2. The molecule has 4 nitrogen and oxygen atoms in total. The molecule has 0 aliphatic carbocycles. The Balaban J connectivity index is 0.00000220. The van der Waals surface area contributed by atoms with Gasteiger partial charge in [0, 0.05) is 6.42 Å². The van der Waals surface area contributed by atoms with Crippen molar-refractivity contribution < 1.29 is 13.9 Å². The van der Waals surface area contributed by atoms with Crippen molar-refractivity contribution in [2.24, 2.45) is 5.92 Å². The Hall–Kier alpha value is -1.33. The molecule has 0 spiro atoms. The summed E-state index contributed by atoms with van der Waals surface area (Å²) in [5.41, 5.74) is 0. The molecular weight excluding hydrogens is 295 g/mol. The lowest BCUT2D eigenvalue weighted by molar-refractivity contribution is -0.121. The van der Waals surface area contributed by atoms with Crippen LogP contribution in [0.2, 0.25) is 0 Å². The molecule has 0 aromatic heterocycles. The molecule has 1 saturated heterocycles. The van der Waals surface area contributed by atoms with E-state index >= 15 is 0 Å². The van der Waals surface area contributed by atoms with Gasteiger partial charge in [0.25, 0.3) is 0 Å². The Morgan fingerprint density at radius 1 is 1.43 bits per heavy atom. The normalized spacial score (nSPS) is 17.1. The minimum Gasteiger partial charge on any atom is -0.489 e. The number of carbonyl (C=O) groups excluding carboxylic acids is 1. The number of carbonyl (C=O) groups is 1. The molecule has 0 saturated carbocycles. The van der Waals surface area contributed by atoms with E-state index < -0.39 is 0 Å². The van der Waals surface area contributed by atoms with Gasteiger partial charge in [-0.15, -0.1) is 12.4 Å². The minimum atomic E-state index is -0.382. The highest BCUT2D eigenvalue weighted by Crippen LogP contribution is 2.15. The van der Waals surface area contributed by atoms with Crippen molar-refractivity contribution in [3.8, 4) is 5.75 Å². The van der Waals surface area contributed by atoms with E-state index in [0.29, 0.717) is 18.9 Å². The standard InChI is InChI=1S/C15H21FN2O2.ClH/c16-13-3-1-2-4-14(13)20-10-9-18-15(19)6-5-12-7-8-17-11-12;/h1-4,12,17H,5-11H2,(H,18,19);1H. The summed E-state index contributed by atoms with van der Waals surface area (Å²) in [4.78, 5) is 11.6. The number of amides is 1. The third-order valence-electron chi connectivity index (χ3n) is 3.46. The molecule has 6 heteroatoms. The van der Waals surface area contributed by atoms with Crippen LogP contribution in [0.25, 0.3) is 0 Å². The number of rotatable bonds is 7. The third kappa shape index (κ3) is 6.31. The van der Waals surface area contributed by atoms with E-state index in [2.05, 4.69) is 10.6 Å². The summed E-state index contributed by atoms with van der Waals surface area (Å²) in [6, 6.07) is 6.25. The lowest BCUT2D eigenvalue weighted by Gasteiger charge is -2.10. The van der Waals surface area contributed by atoms with Gasteiger partial charge in [0.05, 0.1) is 6.54 Å². The van der Waals surface area contributed by atoms with Crippen molar-refractivity contribution >= 4 is 18.3 Å². The second kappa shape index (κ2) is 9.58. The van der Waals surface area contributed by atoms with E-state index in [1.165, 1.54) is 6.07 Å². The lowest BCUT2D eigenvalue weighted by Crippen LogP contribution is -2.28. The number of nitrogens with one attached hydrogen (secondary N) is 2. The minimum absolute atomic E-state index is 0. The van der Waals surface area contributed by atoms with E-state index in [-0.39, 0.29) is 36.5 Å². The first-order chi connectivity index (χ1) is 9.75. The Kier molecular flexibility index (Phi) is 8.08. The van der Waals surface area contributed by atoms with Gasteiger partial charge in [-0.05, 0) is 44.0 Å². The van der Waals surface area contributed by atoms with E-state index in [4.69, 9.17) is 4.74 Å². The Labute approximate surface area is 130 Å². The molecule has 2 N–H and O–H groups in total. The van der Waals surface area contributed by atoms with E-state index in [0.717, 1.165) is 25.9 Å². The van der Waals surface area contributed by atoms with Crippen LogP contribution in [0.1, 0.15) is 19.3 Å². The summed E-state index contributed by atoms with van der Waals surface area (Å²) in [6.07, 6.45) is 2.63. The molecule has 1 aromatic carbocycles. The van der Waals surface area contributed by atoms with Crippen LogP contribution in [0.3, 0.4) is 0 Å². The SMILES string of the molecule is Cl.O=C(CCC1CCNC1)NCCOc1ccccc1F. The summed E-state index contributed by atoms with van der Waals surface area (Å²) in [6.45, 7) is 2.75. The molecule has 1 atom stereocenters. The lowest BCUT2D eigenvalue weighted by atomic mass is 10.0.